The van der Waals surface area contributed by atoms with Crippen molar-refractivity contribution in [3.63, 3.8) is 0 Å². The van der Waals surface area contributed by atoms with E-state index >= 15 is 0 Å². The maximum absolute atomic E-state index is 10.4. The van der Waals surface area contributed by atoms with Crippen LogP contribution in [0.2, 0.25) is 0 Å². The number of hydrogen-bond donors (Lipinski definition) is 2. The normalized spacial score (nSPS) is 10.9. The molecule has 0 saturated heterocycles. The van der Waals surface area contributed by atoms with E-state index in [9.17, 15) is 10.2 Å². The Balaban J connectivity index is 1.92. The molecule has 0 unspecified atom stereocenters. The SMILES string of the molecule is Cc1cccc(-c2c(O)ccc3cc(-c4cccc(O)c4)ccc23)c1. The monoisotopic (exact) mass is 326 g/mol. The van der Waals surface area contributed by atoms with Crippen molar-refractivity contribution in [2.24, 2.45) is 0 Å². The molecule has 0 saturated carbocycles. The van der Waals surface area contributed by atoms with Gasteiger partial charge in [0.1, 0.15) is 11.5 Å². The number of hydrogen-bond acceptors (Lipinski definition) is 2. The van der Waals surface area contributed by atoms with Crippen molar-refractivity contribution in [2.45, 2.75) is 6.92 Å². The fraction of sp³-hybridized carbons (Fsp3) is 0.0435. The maximum Gasteiger partial charge on any atom is 0.124 e. The van der Waals surface area contributed by atoms with Gasteiger partial charge < -0.3 is 10.2 Å². The average molecular weight is 326 g/mol. The first-order valence-electron chi connectivity index (χ1n) is 8.24. The summed E-state index contributed by atoms with van der Waals surface area (Å²) in [7, 11) is 0. The van der Waals surface area contributed by atoms with E-state index in [4.69, 9.17) is 0 Å². The average Bonchev–Trinajstić information content (AvgIpc) is 2.61. The zero-order valence-electron chi connectivity index (χ0n) is 13.9. The Morgan fingerprint density at radius 3 is 2.20 bits per heavy atom. The second kappa shape index (κ2) is 5.99. The topological polar surface area (TPSA) is 40.5 Å². The first-order valence-corrected chi connectivity index (χ1v) is 8.24. The summed E-state index contributed by atoms with van der Waals surface area (Å²) < 4.78 is 0. The summed E-state index contributed by atoms with van der Waals surface area (Å²) in [5.41, 5.74) is 5.01. The molecular weight excluding hydrogens is 308 g/mol. The summed E-state index contributed by atoms with van der Waals surface area (Å²) >= 11 is 0. The first-order chi connectivity index (χ1) is 12.1. The van der Waals surface area contributed by atoms with Crippen LogP contribution in [0.25, 0.3) is 33.0 Å². The number of rotatable bonds is 2. The third kappa shape index (κ3) is 2.83. The van der Waals surface area contributed by atoms with Crippen LogP contribution in [0.5, 0.6) is 11.5 Å². The summed E-state index contributed by atoms with van der Waals surface area (Å²) in [6, 6.07) is 25.2. The van der Waals surface area contributed by atoms with Gasteiger partial charge in [-0.15, -0.1) is 0 Å². The third-order valence-corrected chi connectivity index (χ3v) is 4.48. The first kappa shape index (κ1) is 15.3. The predicted octanol–water partition coefficient (Wildman–Crippen LogP) is 5.89. The standard InChI is InChI=1S/C23H18O2/c1-15-4-2-6-19(12-15)23-21-10-8-17(13-18(21)9-11-22(23)25)16-5-3-7-20(24)14-16/h2-14,24-25H,1H3. The molecule has 0 heterocycles. The van der Waals surface area contributed by atoms with Crippen LogP contribution >= 0.6 is 0 Å². The van der Waals surface area contributed by atoms with Crippen LogP contribution in [0.15, 0.2) is 78.9 Å². The fourth-order valence-electron chi connectivity index (χ4n) is 3.29. The molecule has 0 aliphatic carbocycles. The Morgan fingerprint density at radius 1 is 0.640 bits per heavy atom. The highest BCUT2D eigenvalue weighted by molar-refractivity contribution is 6.01. The lowest BCUT2D eigenvalue weighted by Crippen LogP contribution is -1.85. The Bertz CT molecular complexity index is 1080. The van der Waals surface area contributed by atoms with Gasteiger partial charge in [0.2, 0.25) is 0 Å². The minimum atomic E-state index is 0.253. The Morgan fingerprint density at radius 2 is 1.40 bits per heavy atom. The van der Waals surface area contributed by atoms with Gasteiger partial charge in [-0.2, -0.15) is 0 Å². The van der Waals surface area contributed by atoms with Gasteiger partial charge in [0.15, 0.2) is 0 Å². The molecule has 0 aliphatic rings. The van der Waals surface area contributed by atoms with Crippen molar-refractivity contribution in [1.29, 1.82) is 0 Å². The van der Waals surface area contributed by atoms with E-state index in [1.54, 1.807) is 18.2 Å². The zero-order chi connectivity index (χ0) is 17.4. The van der Waals surface area contributed by atoms with Gasteiger partial charge in [-0.1, -0.05) is 60.2 Å². The van der Waals surface area contributed by atoms with Gasteiger partial charge >= 0.3 is 0 Å². The van der Waals surface area contributed by atoms with E-state index in [0.29, 0.717) is 0 Å². The number of phenolic OH excluding ortho intramolecular Hbond substituents is 2. The van der Waals surface area contributed by atoms with Gasteiger partial charge in [-0.05, 0) is 58.7 Å². The van der Waals surface area contributed by atoms with Crippen molar-refractivity contribution in [2.75, 3.05) is 0 Å². The van der Waals surface area contributed by atoms with Crippen molar-refractivity contribution in [3.05, 3.63) is 84.4 Å². The Kier molecular flexibility index (Phi) is 3.66. The molecule has 0 atom stereocenters. The highest BCUT2D eigenvalue weighted by Gasteiger charge is 2.11. The lowest BCUT2D eigenvalue weighted by molar-refractivity contribution is 0.475. The molecule has 0 radical (unpaired) electrons. The Labute approximate surface area is 146 Å². The number of benzene rings is 4. The van der Waals surface area contributed by atoms with E-state index in [-0.39, 0.29) is 11.5 Å². The van der Waals surface area contributed by atoms with Crippen molar-refractivity contribution in [3.8, 4) is 33.8 Å². The molecule has 2 N–H and O–H groups in total. The van der Waals surface area contributed by atoms with E-state index in [0.717, 1.165) is 38.6 Å². The summed E-state index contributed by atoms with van der Waals surface area (Å²) in [5.74, 6) is 0.534. The molecule has 4 aromatic carbocycles. The second-order valence-electron chi connectivity index (χ2n) is 6.32. The molecule has 0 amide bonds. The van der Waals surface area contributed by atoms with E-state index in [1.165, 1.54) is 0 Å². The third-order valence-electron chi connectivity index (χ3n) is 4.48. The number of aromatic hydroxyl groups is 2. The van der Waals surface area contributed by atoms with Gasteiger partial charge in [0, 0.05) is 5.56 Å². The van der Waals surface area contributed by atoms with E-state index in [2.05, 4.69) is 12.1 Å². The summed E-state index contributed by atoms with van der Waals surface area (Å²) in [6.07, 6.45) is 0. The molecule has 4 rings (SSSR count). The Hall–Kier alpha value is -3.26. The lowest BCUT2D eigenvalue weighted by atomic mass is 9.94. The molecule has 0 bridgehead atoms. The maximum atomic E-state index is 10.4. The quantitative estimate of drug-likeness (QED) is 0.482. The number of aryl methyl sites for hydroxylation is 1. The molecule has 2 nitrogen and oxygen atoms in total. The molecule has 0 fully saturated rings. The van der Waals surface area contributed by atoms with Gasteiger partial charge in [0.25, 0.3) is 0 Å². The number of phenols is 2. The molecule has 122 valence electrons. The zero-order valence-corrected chi connectivity index (χ0v) is 13.9. The minimum Gasteiger partial charge on any atom is -0.508 e. The van der Waals surface area contributed by atoms with Crippen molar-refractivity contribution >= 4 is 10.8 Å². The highest BCUT2D eigenvalue weighted by Crippen LogP contribution is 2.38. The predicted molar refractivity (Wildman–Crippen MR) is 103 cm³/mol. The van der Waals surface area contributed by atoms with Crippen LogP contribution in [0, 0.1) is 6.92 Å². The largest absolute Gasteiger partial charge is 0.508 e. The van der Waals surface area contributed by atoms with Crippen LogP contribution in [0.1, 0.15) is 5.56 Å². The van der Waals surface area contributed by atoms with Crippen LogP contribution < -0.4 is 0 Å². The number of fused-ring (bicyclic) bond motifs is 1. The van der Waals surface area contributed by atoms with Crippen LogP contribution in [-0.4, -0.2) is 10.2 Å². The van der Waals surface area contributed by atoms with Gasteiger partial charge in [-0.3, -0.25) is 0 Å². The molecule has 25 heavy (non-hydrogen) atoms. The molecule has 0 aliphatic heterocycles. The summed E-state index contributed by atoms with van der Waals surface area (Å²) in [5, 5.41) is 22.2. The molecular formula is C23H18O2. The van der Waals surface area contributed by atoms with Gasteiger partial charge in [-0.25, -0.2) is 0 Å². The van der Waals surface area contributed by atoms with Crippen LogP contribution in [0.3, 0.4) is 0 Å². The minimum absolute atomic E-state index is 0.253. The van der Waals surface area contributed by atoms with Crippen molar-refractivity contribution in [1.82, 2.24) is 0 Å². The van der Waals surface area contributed by atoms with Crippen LogP contribution in [0.4, 0.5) is 0 Å². The summed E-state index contributed by atoms with van der Waals surface area (Å²) in [6.45, 7) is 2.05. The fourth-order valence-corrected chi connectivity index (χ4v) is 3.29. The summed E-state index contributed by atoms with van der Waals surface area (Å²) in [4.78, 5) is 0. The highest BCUT2D eigenvalue weighted by atomic mass is 16.3. The lowest BCUT2D eigenvalue weighted by Gasteiger charge is -2.12. The van der Waals surface area contributed by atoms with Gasteiger partial charge in [0.05, 0.1) is 0 Å². The smallest absolute Gasteiger partial charge is 0.124 e. The van der Waals surface area contributed by atoms with E-state index < -0.39 is 0 Å². The molecule has 4 aromatic rings. The molecule has 0 spiro atoms. The molecule has 2 heteroatoms. The second-order valence-corrected chi connectivity index (χ2v) is 6.32. The van der Waals surface area contributed by atoms with Crippen LogP contribution in [-0.2, 0) is 0 Å². The van der Waals surface area contributed by atoms with Crippen molar-refractivity contribution < 1.29 is 10.2 Å². The molecule has 0 aromatic heterocycles. The van der Waals surface area contributed by atoms with E-state index in [1.807, 2.05) is 55.5 Å².